The van der Waals surface area contributed by atoms with Gasteiger partial charge in [0.1, 0.15) is 0 Å². The zero-order valence-electron chi connectivity index (χ0n) is 12.7. The number of unbranched alkanes of at least 4 members (excludes halogenated alkanes) is 3. The maximum Gasteiger partial charge on any atom is 0.319 e. The fourth-order valence-corrected chi connectivity index (χ4v) is 2.08. The summed E-state index contributed by atoms with van der Waals surface area (Å²) in [6.07, 6.45) is 3.59. The molecule has 0 aliphatic heterocycles. The summed E-state index contributed by atoms with van der Waals surface area (Å²) in [5.41, 5.74) is 3.03. The van der Waals surface area contributed by atoms with E-state index in [-0.39, 0.29) is 12.5 Å². The Kier molecular flexibility index (Phi) is 7.29. The van der Waals surface area contributed by atoms with Crippen LogP contribution in [0.5, 0.6) is 0 Å². The minimum atomic E-state index is -0.749. The van der Waals surface area contributed by atoms with Gasteiger partial charge in [-0.15, -0.1) is 0 Å². The van der Waals surface area contributed by atoms with E-state index in [1.165, 1.54) is 5.56 Å². The third kappa shape index (κ3) is 7.34. The minimum Gasteiger partial charge on any atom is -0.481 e. The van der Waals surface area contributed by atoms with Crippen LogP contribution in [0.3, 0.4) is 0 Å². The standard InChI is InChI=1S/C16H24N2O3/c1-12-8-9-14(13(2)11-12)18-16(21)17-10-6-4-3-5-7-15(19)20/h8-9,11H,3-7,10H2,1-2H3,(H,19,20)(H2,17,18,21). The van der Waals surface area contributed by atoms with Crippen LogP contribution in [-0.2, 0) is 4.79 Å². The maximum atomic E-state index is 11.7. The number of rotatable bonds is 8. The van der Waals surface area contributed by atoms with Crippen molar-refractivity contribution in [2.24, 2.45) is 0 Å². The summed E-state index contributed by atoms with van der Waals surface area (Å²) < 4.78 is 0. The fraction of sp³-hybridized carbons (Fsp3) is 0.500. The van der Waals surface area contributed by atoms with Crippen molar-refractivity contribution < 1.29 is 14.7 Å². The topological polar surface area (TPSA) is 78.4 Å². The molecule has 0 unspecified atom stereocenters. The molecule has 1 aromatic rings. The summed E-state index contributed by atoms with van der Waals surface area (Å²) >= 11 is 0. The van der Waals surface area contributed by atoms with Gasteiger partial charge in [-0.1, -0.05) is 30.5 Å². The lowest BCUT2D eigenvalue weighted by Crippen LogP contribution is -2.29. The monoisotopic (exact) mass is 292 g/mol. The predicted molar refractivity (Wildman–Crippen MR) is 83.7 cm³/mol. The van der Waals surface area contributed by atoms with Gasteiger partial charge in [-0.2, -0.15) is 0 Å². The molecule has 0 aromatic heterocycles. The molecule has 0 spiro atoms. The number of amides is 2. The molecule has 0 aliphatic rings. The number of aliphatic carboxylic acids is 1. The predicted octanol–water partition coefficient (Wildman–Crippen LogP) is 3.46. The van der Waals surface area contributed by atoms with Crippen LogP contribution in [0.1, 0.15) is 43.2 Å². The number of carboxylic acids is 1. The molecule has 0 aliphatic carbocycles. The van der Waals surface area contributed by atoms with E-state index in [0.29, 0.717) is 13.0 Å². The van der Waals surface area contributed by atoms with Crippen molar-refractivity contribution in [3.8, 4) is 0 Å². The van der Waals surface area contributed by atoms with Crippen molar-refractivity contribution in [3.05, 3.63) is 29.3 Å². The Morgan fingerprint density at radius 2 is 1.81 bits per heavy atom. The second-order valence-corrected chi connectivity index (χ2v) is 5.26. The second kappa shape index (κ2) is 9.00. The van der Waals surface area contributed by atoms with Crippen LogP contribution >= 0.6 is 0 Å². The molecular formula is C16H24N2O3. The number of carbonyl (C=O) groups excluding carboxylic acids is 1. The lowest BCUT2D eigenvalue weighted by Gasteiger charge is -2.10. The van der Waals surface area contributed by atoms with Gasteiger partial charge < -0.3 is 15.7 Å². The van der Waals surface area contributed by atoms with Crippen molar-refractivity contribution in [2.45, 2.75) is 46.0 Å². The van der Waals surface area contributed by atoms with E-state index in [4.69, 9.17) is 5.11 Å². The largest absolute Gasteiger partial charge is 0.481 e. The van der Waals surface area contributed by atoms with Crippen molar-refractivity contribution in [2.75, 3.05) is 11.9 Å². The Hall–Kier alpha value is -2.04. The highest BCUT2D eigenvalue weighted by Gasteiger charge is 2.03. The first-order valence-electron chi connectivity index (χ1n) is 7.33. The highest BCUT2D eigenvalue weighted by Crippen LogP contribution is 2.15. The number of urea groups is 1. The zero-order chi connectivity index (χ0) is 15.7. The molecule has 3 N–H and O–H groups in total. The smallest absolute Gasteiger partial charge is 0.319 e. The zero-order valence-corrected chi connectivity index (χ0v) is 12.7. The van der Waals surface area contributed by atoms with Crippen LogP contribution in [0, 0.1) is 13.8 Å². The summed E-state index contributed by atoms with van der Waals surface area (Å²) in [7, 11) is 0. The lowest BCUT2D eigenvalue weighted by atomic mass is 10.1. The van der Waals surface area contributed by atoms with E-state index >= 15 is 0 Å². The number of benzene rings is 1. The normalized spacial score (nSPS) is 10.2. The molecule has 5 heteroatoms. The Balaban J connectivity index is 2.15. The number of hydrogen-bond donors (Lipinski definition) is 3. The van der Waals surface area contributed by atoms with Gasteiger partial charge >= 0.3 is 12.0 Å². The summed E-state index contributed by atoms with van der Waals surface area (Å²) in [5.74, 6) is -0.749. The van der Waals surface area contributed by atoms with E-state index < -0.39 is 5.97 Å². The SMILES string of the molecule is Cc1ccc(NC(=O)NCCCCCCC(=O)O)c(C)c1. The number of anilines is 1. The molecule has 2 amide bonds. The first kappa shape index (κ1) is 17.0. The van der Waals surface area contributed by atoms with Gasteiger partial charge in [0, 0.05) is 18.7 Å². The van der Waals surface area contributed by atoms with Gasteiger partial charge in [-0.05, 0) is 38.3 Å². The van der Waals surface area contributed by atoms with Crippen molar-refractivity contribution in [1.82, 2.24) is 5.32 Å². The molecule has 0 atom stereocenters. The Labute approximate surface area is 125 Å². The van der Waals surface area contributed by atoms with E-state index in [1.54, 1.807) is 0 Å². The van der Waals surface area contributed by atoms with Gasteiger partial charge in [0.15, 0.2) is 0 Å². The number of carbonyl (C=O) groups is 2. The summed E-state index contributed by atoms with van der Waals surface area (Å²) in [4.78, 5) is 22.1. The van der Waals surface area contributed by atoms with Gasteiger partial charge in [-0.3, -0.25) is 4.79 Å². The molecule has 1 aromatic carbocycles. The van der Waals surface area contributed by atoms with Crippen LogP contribution in [0.25, 0.3) is 0 Å². The first-order valence-corrected chi connectivity index (χ1v) is 7.33. The van der Waals surface area contributed by atoms with E-state index in [2.05, 4.69) is 10.6 Å². The van der Waals surface area contributed by atoms with Crippen molar-refractivity contribution in [1.29, 1.82) is 0 Å². The van der Waals surface area contributed by atoms with Gasteiger partial charge in [0.05, 0.1) is 0 Å². The van der Waals surface area contributed by atoms with E-state index in [1.807, 2.05) is 32.0 Å². The minimum absolute atomic E-state index is 0.201. The quantitative estimate of drug-likeness (QED) is 0.642. The summed E-state index contributed by atoms with van der Waals surface area (Å²) in [6, 6.07) is 5.69. The highest BCUT2D eigenvalue weighted by atomic mass is 16.4. The molecule has 0 saturated carbocycles. The van der Waals surface area contributed by atoms with Crippen LogP contribution in [0.4, 0.5) is 10.5 Å². The molecule has 116 valence electrons. The summed E-state index contributed by atoms with van der Waals surface area (Å²) in [5, 5.41) is 14.1. The fourth-order valence-electron chi connectivity index (χ4n) is 2.08. The Bertz CT molecular complexity index is 486. The lowest BCUT2D eigenvalue weighted by molar-refractivity contribution is -0.137. The van der Waals surface area contributed by atoms with Gasteiger partial charge in [0.2, 0.25) is 0 Å². The molecule has 5 nitrogen and oxygen atoms in total. The number of aryl methyl sites for hydroxylation is 2. The molecule has 0 radical (unpaired) electrons. The number of carboxylic acid groups (broad SMARTS) is 1. The molecule has 1 rings (SSSR count). The Morgan fingerprint density at radius 3 is 2.48 bits per heavy atom. The Morgan fingerprint density at radius 1 is 1.10 bits per heavy atom. The van der Waals surface area contributed by atoms with Gasteiger partial charge in [0.25, 0.3) is 0 Å². The van der Waals surface area contributed by atoms with Crippen LogP contribution in [0.2, 0.25) is 0 Å². The number of hydrogen-bond acceptors (Lipinski definition) is 2. The molecule has 0 saturated heterocycles. The molecule has 21 heavy (non-hydrogen) atoms. The number of nitrogens with one attached hydrogen (secondary N) is 2. The maximum absolute atomic E-state index is 11.7. The third-order valence-corrected chi connectivity index (χ3v) is 3.23. The van der Waals surface area contributed by atoms with Crippen LogP contribution in [0.15, 0.2) is 18.2 Å². The van der Waals surface area contributed by atoms with Gasteiger partial charge in [-0.25, -0.2) is 4.79 Å². The van der Waals surface area contributed by atoms with E-state index in [0.717, 1.165) is 30.5 Å². The molecule has 0 bridgehead atoms. The highest BCUT2D eigenvalue weighted by molar-refractivity contribution is 5.90. The van der Waals surface area contributed by atoms with Crippen molar-refractivity contribution >= 4 is 17.7 Å². The summed E-state index contributed by atoms with van der Waals surface area (Å²) in [6.45, 7) is 4.58. The van der Waals surface area contributed by atoms with Crippen LogP contribution in [-0.4, -0.2) is 23.7 Å². The average Bonchev–Trinajstić information content (AvgIpc) is 2.40. The second-order valence-electron chi connectivity index (χ2n) is 5.26. The van der Waals surface area contributed by atoms with Crippen molar-refractivity contribution in [3.63, 3.8) is 0 Å². The molecule has 0 fully saturated rings. The first-order chi connectivity index (χ1) is 9.99. The average molecular weight is 292 g/mol. The van der Waals surface area contributed by atoms with E-state index in [9.17, 15) is 9.59 Å². The molecular weight excluding hydrogens is 268 g/mol. The van der Waals surface area contributed by atoms with Crippen LogP contribution < -0.4 is 10.6 Å². The molecule has 0 heterocycles. The third-order valence-electron chi connectivity index (χ3n) is 3.23.